The van der Waals surface area contributed by atoms with Crippen LogP contribution in [0.15, 0.2) is 24.3 Å². The Morgan fingerprint density at radius 1 is 1.35 bits per heavy atom. The van der Waals surface area contributed by atoms with Crippen molar-refractivity contribution in [2.24, 2.45) is 11.3 Å². The summed E-state index contributed by atoms with van der Waals surface area (Å²) in [6.07, 6.45) is -0.348. The van der Waals surface area contributed by atoms with Crippen molar-refractivity contribution in [2.75, 3.05) is 13.2 Å². The van der Waals surface area contributed by atoms with Crippen molar-refractivity contribution < 1.29 is 19.4 Å². The molecule has 4 atom stereocenters. The Morgan fingerprint density at radius 3 is 2.61 bits per heavy atom. The van der Waals surface area contributed by atoms with Gasteiger partial charge in [-0.1, -0.05) is 25.1 Å². The number of benzene rings is 1. The SMILES string of the molecule is CC(C)(C)OC(=O)NC1[C@@H]2[C@H](c3ccccc3OCCO)[C@@]12C. The Labute approximate surface area is 137 Å². The van der Waals surface area contributed by atoms with Gasteiger partial charge in [-0.25, -0.2) is 4.79 Å². The van der Waals surface area contributed by atoms with E-state index in [-0.39, 0.29) is 24.2 Å². The number of rotatable bonds is 5. The van der Waals surface area contributed by atoms with Crippen molar-refractivity contribution in [1.82, 2.24) is 5.32 Å². The summed E-state index contributed by atoms with van der Waals surface area (Å²) < 4.78 is 10.9. The molecule has 23 heavy (non-hydrogen) atoms. The van der Waals surface area contributed by atoms with Crippen LogP contribution in [-0.2, 0) is 4.74 Å². The summed E-state index contributed by atoms with van der Waals surface area (Å²) >= 11 is 0. The molecule has 2 N–H and O–H groups in total. The maximum atomic E-state index is 11.9. The third kappa shape index (κ3) is 2.90. The van der Waals surface area contributed by atoms with Crippen molar-refractivity contribution in [3.63, 3.8) is 0 Å². The van der Waals surface area contributed by atoms with Gasteiger partial charge in [-0.3, -0.25) is 0 Å². The van der Waals surface area contributed by atoms with Crippen molar-refractivity contribution in [3.05, 3.63) is 29.8 Å². The molecule has 2 fully saturated rings. The summed E-state index contributed by atoms with van der Waals surface area (Å²) in [4.78, 5) is 11.9. The van der Waals surface area contributed by atoms with Gasteiger partial charge in [0.1, 0.15) is 18.0 Å². The van der Waals surface area contributed by atoms with E-state index in [4.69, 9.17) is 14.6 Å². The second-order valence-corrected chi connectivity index (χ2v) is 7.60. The molecule has 1 unspecified atom stereocenters. The molecule has 0 aromatic heterocycles. The van der Waals surface area contributed by atoms with E-state index in [1.54, 1.807) is 0 Å². The van der Waals surface area contributed by atoms with Crippen LogP contribution < -0.4 is 10.1 Å². The lowest BCUT2D eigenvalue weighted by atomic mass is 9.94. The maximum absolute atomic E-state index is 11.9. The number of nitrogens with one attached hydrogen (secondary N) is 1. The summed E-state index contributed by atoms with van der Waals surface area (Å²) in [7, 11) is 0. The maximum Gasteiger partial charge on any atom is 0.407 e. The van der Waals surface area contributed by atoms with Gasteiger partial charge < -0.3 is 19.9 Å². The first-order valence-electron chi connectivity index (χ1n) is 8.11. The predicted molar refractivity (Wildman–Crippen MR) is 86.5 cm³/mol. The van der Waals surface area contributed by atoms with Crippen LogP contribution in [0.25, 0.3) is 0 Å². The van der Waals surface area contributed by atoms with E-state index in [0.717, 1.165) is 11.3 Å². The molecule has 1 amide bonds. The third-order valence-corrected chi connectivity index (χ3v) is 4.83. The number of hydrogen-bond acceptors (Lipinski definition) is 4. The van der Waals surface area contributed by atoms with Gasteiger partial charge in [0.15, 0.2) is 0 Å². The highest BCUT2D eigenvalue weighted by Gasteiger charge is 2.84. The number of aliphatic hydroxyl groups is 1. The van der Waals surface area contributed by atoms with Crippen molar-refractivity contribution in [1.29, 1.82) is 0 Å². The highest BCUT2D eigenvalue weighted by molar-refractivity contribution is 5.71. The van der Waals surface area contributed by atoms with E-state index >= 15 is 0 Å². The molecule has 0 bridgehead atoms. The Balaban J connectivity index is 1.60. The Bertz CT molecular complexity index is 609. The molecule has 2 aliphatic rings. The van der Waals surface area contributed by atoms with E-state index in [0.29, 0.717) is 18.4 Å². The van der Waals surface area contributed by atoms with Crippen LogP contribution in [0.5, 0.6) is 5.75 Å². The zero-order valence-corrected chi connectivity index (χ0v) is 14.1. The fourth-order valence-corrected chi connectivity index (χ4v) is 3.63. The molecule has 0 aliphatic heterocycles. The van der Waals surface area contributed by atoms with E-state index in [2.05, 4.69) is 18.3 Å². The van der Waals surface area contributed by atoms with E-state index in [9.17, 15) is 4.79 Å². The zero-order chi connectivity index (χ0) is 16.8. The molecule has 5 nitrogen and oxygen atoms in total. The number of para-hydroxylation sites is 1. The van der Waals surface area contributed by atoms with Crippen LogP contribution in [0.3, 0.4) is 0 Å². The second-order valence-electron chi connectivity index (χ2n) is 7.60. The molecule has 0 radical (unpaired) electrons. The fraction of sp³-hybridized carbons (Fsp3) is 0.611. The van der Waals surface area contributed by atoms with Gasteiger partial charge in [-0.15, -0.1) is 0 Å². The van der Waals surface area contributed by atoms with Crippen molar-refractivity contribution >= 4 is 6.09 Å². The van der Waals surface area contributed by atoms with Crippen LogP contribution in [-0.4, -0.2) is 36.1 Å². The van der Waals surface area contributed by atoms with Crippen LogP contribution in [0.1, 0.15) is 39.2 Å². The first-order chi connectivity index (χ1) is 10.8. The van der Waals surface area contributed by atoms with Crippen LogP contribution in [0.2, 0.25) is 0 Å². The van der Waals surface area contributed by atoms with Gasteiger partial charge in [0.2, 0.25) is 0 Å². The van der Waals surface area contributed by atoms with E-state index < -0.39 is 5.60 Å². The van der Waals surface area contributed by atoms with Gasteiger partial charge in [0.05, 0.1) is 6.61 Å². The molecule has 2 saturated carbocycles. The zero-order valence-electron chi connectivity index (χ0n) is 14.1. The number of fused-ring (bicyclic) bond motifs is 1. The molecule has 3 rings (SSSR count). The van der Waals surface area contributed by atoms with Crippen LogP contribution in [0.4, 0.5) is 4.79 Å². The number of carbonyl (C=O) groups excluding carboxylic acids is 1. The van der Waals surface area contributed by atoms with E-state index in [1.165, 1.54) is 0 Å². The highest BCUT2D eigenvalue weighted by atomic mass is 16.6. The quantitative estimate of drug-likeness (QED) is 0.875. The molecule has 0 heterocycles. The first kappa shape index (κ1) is 16.1. The second kappa shape index (κ2) is 5.41. The molecule has 0 spiro atoms. The van der Waals surface area contributed by atoms with Crippen LogP contribution in [0, 0.1) is 11.3 Å². The molecule has 1 aromatic rings. The molecular formula is C18H25NO4. The lowest BCUT2D eigenvalue weighted by Gasteiger charge is -2.23. The van der Waals surface area contributed by atoms with Crippen molar-refractivity contribution in [2.45, 2.75) is 45.3 Å². The van der Waals surface area contributed by atoms with E-state index in [1.807, 2.05) is 39.0 Å². The van der Waals surface area contributed by atoms with Crippen LogP contribution >= 0.6 is 0 Å². The topological polar surface area (TPSA) is 67.8 Å². The monoisotopic (exact) mass is 319 g/mol. The fourth-order valence-electron chi connectivity index (χ4n) is 3.63. The smallest absolute Gasteiger partial charge is 0.407 e. The van der Waals surface area contributed by atoms with Crippen molar-refractivity contribution in [3.8, 4) is 5.75 Å². The van der Waals surface area contributed by atoms with Gasteiger partial charge in [-0.2, -0.15) is 0 Å². The van der Waals surface area contributed by atoms with Gasteiger partial charge in [0, 0.05) is 17.4 Å². The standard InChI is InChI=1S/C18H25NO4/c1-17(2,3)23-16(21)19-15-14-13(18(14,15)4)11-7-5-6-8-12(11)22-10-9-20/h5-8,13-15,20H,9-10H2,1-4H3,(H,19,21)/t13-,14-,15?,18+/m0/s1. The third-order valence-electron chi connectivity index (χ3n) is 4.83. The number of hydrogen-bond donors (Lipinski definition) is 2. The van der Waals surface area contributed by atoms with Gasteiger partial charge in [0.25, 0.3) is 0 Å². The number of amides is 1. The summed E-state index contributed by atoms with van der Waals surface area (Å²) in [6.45, 7) is 8.07. The average molecular weight is 319 g/mol. The number of aliphatic hydroxyl groups excluding tert-OH is 1. The molecular weight excluding hydrogens is 294 g/mol. The Kier molecular flexibility index (Phi) is 3.79. The molecule has 126 valence electrons. The molecule has 5 heteroatoms. The Morgan fingerprint density at radius 2 is 2.00 bits per heavy atom. The minimum Gasteiger partial charge on any atom is -0.491 e. The summed E-state index contributed by atoms with van der Waals surface area (Å²) in [6, 6.07) is 8.11. The average Bonchev–Trinajstić information content (AvgIpc) is 3.26. The minimum atomic E-state index is -0.478. The lowest BCUT2D eigenvalue weighted by molar-refractivity contribution is 0.0507. The van der Waals surface area contributed by atoms with Gasteiger partial charge >= 0.3 is 6.09 Å². The highest BCUT2D eigenvalue weighted by Crippen LogP contribution is 2.84. The normalized spacial score (nSPS) is 31.1. The number of carbonyl (C=O) groups is 1. The summed E-state index contributed by atoms with van der Waals surface area (Å²) in [5.41, 5.74) is 0.778. The number of alkyl carbamates (subject to hydrolysis) is 1. The first-order valence-corrected chi connectivity index (χ1v) is 8.11. The van der Waals surface area contributed by atoms with Gasteiger partial charge in [-0.05, 0) is 38.3 Å². The lowest BCUT2D eigenvalue weighted by Crippen LogP contribution is -2.38. The summed E-state index contributed by atoms with van der Waals surface area (Å²) in [5, 5.41) is 11.9. The molecule has 0 saturated heterocycles. The largest absolute Gasteiger partial charge is 0.491 e. The predicted octanol–water partition coefficient (Wildman–Crippen LogP) is 2.68. The minimum absolute atomic E-state index is 0.00250. The summed E-state index contributed by atoms with van der Waals surface area (Å²) in [5.74, 6) is 1.67. The molecule has 1 aromatic carbocycles. The Hall–Kier alpha value is -1.75. The molecule has 2 aliphatic carbocycles. The number of ether oxygens (including phenoxy) is 2.